The molecule has 0 aliphatic carbocycles. The Morgan fingerprint density at radius 3 is 2.67 bits per heavy atom. The summed E-state index contributed by atoms with van der Waals surface area (Å²) in [5, 5.41) is 1.86. The first-order valence-corrected chi connectivity index (χ1v) is 11.0. The third-order valence-corrected chi connectivity index (χ3v) is 7.15. The Kier molecular flexibility index (Phi) is 4.79. The number of ketones is 1. The zero-order chi connectivity index (χ0) is 20.8. The Labute approximate surface area is 178 Å². The Morgan fingerprint density at radius 2 is 1.90 bits per heavy atom. The molecule has 6 nitrogen and oxygen atoms in total. The topological polar surface area (TPSA) is 66.9 Å². The summed E-state index contributed by atoms with van der Waals surface area (Å²) in [6, 6.07) is 10.5. The van der Waals surface area contributed by atoms with Crippen LogP contribution in [-0.4, -0.2) is 54.8 Å². The molecule has 2 amide bonds. The van der Waals surface area contributed by atoms with Crippen LogP contribution in [0, 0.1) is 11.8 Å². The molecular weight excluding hydrogens is 400 g/mol. The summed E-state index contributed by atoms with van der Waals surface area (Å²) in [7, 11) is 1.60. The van der Waals surface area contributed by atoms with Crippen LogP contribution in [0.4, 0.5) is 5.69 Å². The molecule has 3 aliphatic rings. The quantitative estimate of drug-likeness (QED) is 0.407. The van der Waals surface area contributed by atoms with Crippen LogP contribution >= 0.6 is 11.3 Å². The van der Waals surface area contributed by atoms with E-state index in [0.29, 0.717) is 24.4 Å². The van der Waals surface area contributed by atoms with E-state index < -0.39 is 17.9 Å². The number of carbonyl (C=O) groups excluding carboxylic acids is 3. The normalized spacial score (nSPS) is 26.7. The van der Waals surface area contributed by atoms with E-state index in [4.69, 9.17) is 4.74 Å². The summed E-state index contributed by atoms with van der Waals surface area (Å²) in [4.78, 5) is 44.2. The van der Waals surface area contributed by atoms with Gasteiger partial charge in [-0.3, -0.25) is 19.3 Å². The van der Waals surface area contributed by atoms with Crippen molar-refractivity contribution in [2.24, 2.45) is 11.8 Å². The van der Waals surface area contributed by atoms with E-state index in [1.807, 2.05) is 52.8 Å². The molecule has 1 aromatic carbocycles. The van der Waals surface area contributed by atoms with E-state index in [9.17, 15) is 14.4 Å². The molecular formula is C23H22N2O4S. The molecule has 30 heavy (non-hydrogen) atoms. The lowest BCUT2D eigenvalue weighted by Gasteiger charge is -2.36. The predicted molar refractivity (Wildman–Crippen MR) is 114 cm³/mol. The highest BCUT2D eigenvalue weighted by molar-refractivity contribution is 7.12. The minimum absolute atomic E-state index is 0.0903. The van der Waals surface area contributed by atoms with Gasteiger partial charge in [0, 0.05) is 25.9 Å². The van der Waals surface area contributed by atoms with Crippen LogP contribution in [0.25, 0.3) is 6.08 Å². The van der Waals surface area contributed by atoms with Crippen molar-refractivity contribution in [1.29, 1.82) is 0 Å². The number of imide groups is 1. The zero-order valence-corrected chi connectivity index (χ0v) is 17.4. The number of methoxy groups -OCH3 is 1. The van der Waals surface area contributed by atoms with Crippen LogP contribution in [0.3, 0.4) is 0 Å². The fourth-order valence-corrected chi connectivity index (χ4v) is 5.72. The van der Waals surface area contributed by atoms with E-state index in [-0.39, 0.29) is 23.6 Å². The summed E-state index contributed by atoms with van der Waals surface area (Å²) in [5.74, 6) is -1.72. The molecule has 7 heteroatoms. The van der Waals surface area contributed by atoms with Crippen molar-refractivity contribution in [2.45, 2.75) is 18.5 Å². The molecule has 3 aliphatic heterocycles. The number of anilines is 1. The van der Waals surface area contributed by atoms with Crippen LogP contribution in [-0.2, 0) is 14.3 Å². The van der Waals surface area contributed by atoms with E-state index in [1.165, 1.54) is 16.2 Å². The molecule has 2 fully saturated rings. The van der Waals surface area contributed by atoms with Gasteiger partial charge in [0.05, 0.1) is 22.8 Å². The van der Waals surface area contributed by atoms with Gasteiger partial charge in [-0.15, -0.1) is 11.3 Å². The second kappa shape index (κ2) is 7.49. The van der Waals surface area contributed by atoms with Gasteiger partial charge in [-0.05, 0) is 29.5 Å². The molecule has 2 aromatic rings. The SMILES string of the molecule is COCCCN1C(=O)C2C(C1=O)C(C(=O)c1cccs1)N1c3ccccc3C=CC21. The van der Waals surface area contributed by atoms with Gasteiger partial charge in [-0.25, -0.2) is 0 Å². The van der Waals surface area contributed by atoms with Crippen LogP contribution in [0.2, 0.25) is 0 Å². The van der Waals surface area contributed by atoms with Gasteiger partial charge >= 0.3 is 0 Å². The first-order chi connectivity index (χ1) is 14.6. The average Bonchev–Trinajstić information content (AvgIpc) is 3.46. The second-order valence-electron chi connectivity index (χ2n) is 7.83. The second-order valence-corrected chi connectivity index (χ2v) is 8.78. The Hall–Kier alpha value is -2.77. The Balaban J connectivity index is 1.58. The molecule has 1 aromatic heterocycles. The fraction of sp³-hybridized carbons (Fsp3) is 0.348. The molecule has 5 rings (SSSR count). The Bertz CT molecular complexity index is 1030. The first-order valence-electron chi connectivity index (χ1n) is 10.1. The van der Waals surface area contributed by atoms with Gasteiger partial charge < -0.3 is 9.64 Å². The monoisotopic (exact) mass is 422 g/mol. The van der Waals surface area contributed by atoms with Gasteiger partial charge in [0.1, 0.15) is 6.04 Å². The smallest absolute Gasteiger partial charge is 0.235 e. The predicted octanol–water partition coefficient (Wildman–Crippen LogP) is 2.85. The summed E-state index contributed by atoms with van der Waals surface area (Å²) in [6.45, 7) is 0.804. The van der Waals surface area contributed by atoms with Crippen molar-refractivity contribution in [3.05, 3.63) is 58.3 Å². The van der Waals surface area contributed by atoms with Crippen molar-refractivity contribution in [2.75, 3.05) is 25.2 Å². The maximum atomic E-state index is 13.6. The molecule has 4 unspecified atom stereocenters. The van der Waals surface area contributed by atoms with Gasteiger partial charge in [-0.1, -0.05) is 36.4 Å². The Morgan fingerprint density at radius 1 is 1.10 bits per heavy atom. The van der Waals surface area contributed by atoms with Crippen molar-refractivity contribution in [3.63, 3.8) is 0 Å². The number of nitrogens with zero attached hydrogens (tertiary/aromatic N) is 2. The number of ether oxygens (including phenoxy) is 1. The molecule has 0 radical (unpaired) electrons. The van der Waals surface area contributed by atoms with Gasteiger partial charge in [0.15, 0.2) is 5.78 Å². The number of carbonyl (C=O) groups is 3. The first kappa shape index (κ1) is 19.2. The number of hydrogen-bond donors (Lipinski definition) is 0. The van der Waals surface area contributed by atoms with Gasteiger partial charge in [-0.2, -0.15) is 0 Å². The molecule has 0 N–H and O–H groups in total. The highest BCUT2D eigenvalue weighted by Crippen LogP contribution is 2.49. The van der Waals surface area contributed by atoms with E-state index in [2.05, 4.69) is 0 Å². The maximum Gasteiger partial charge on any atom is 0.235 e. The number of hydrogen-bond acceptors (Lipinski definition) is 6. The molecule has 154 valence electrons. The largest absolute Gasteiger partial charge is 0.385 e. The number of thiophene rings is 1. The van der Waals surface area contributed by atoms with E-state index in [0.717, 1.165) is 11.3 Å². The van der Waals surface area contributed by atoms with Crippen molar-refractivity contribution >= 4 is 40.7 Å². The van der Waals surface area contributed by atoms with E-state index in [1.54, 1.807) is 13.2 Å². The average molecular weight is 423 g/mol. The van der Waals surface area contributed by atoms with Crippen LogP contribution in [0.1, 0.15) is 21.7 Å². The van der Waals surface area contributed by atoms with Crippen LogP contribution in [0.5, 0.6) is 0 Å². The molecule has 0 bridgehead atoms. The molecule has 0 spiro atoms. The number of rotatable bonds is 6. The third-order valence-electron chi connectivity index (χ3n) is 6.27. The number of amides is 2. The summed E-state index contributed by atoms with van der Waals surface area (Å²) in [6.07, 6.45) is 4.56. The molecule has 0 saturated carbocycles. The third kappa shape index (κ3) is 2.76. The zero-order valence-electron chi connectivity index (χ0n) is 16.6. The molecule has 4 heterocycles. The number of para-hydroxylation sites is 1. The van der Waals surface area contributed by atoms with Crippen molar-refractivity contribution < 1.29 is 19.1 Å². The minimum atomic E-state index is -0.686. The molecule has 2 saturated heterocycles. The molecule has 4 atom stereocenters. The number of fused-ring (bicyclic) bond motifs is 5. The number of benzene rings is 1. The van der Waals surface area contributed by atoms with Crippen molar-refractivity contribution in [1.82, 2.24) is 4.90 Å². The minimum Gasteiger partial charge on any atom is -0.385 e. The number of Topliss-reactive ketones (excluding diaryl/α,β-unsaturated/α-hetero) is 1. The summed E-state index contributed by atoms with van der Waals surface area (Å²) in [5.41, 5.74) is 1.90. The van der Waals surface area contributed by atoms with Gasteiger partial charge in [0.25, 0.3) is 0 Å². The van der Waals surface area contributed by atoms with Crippen molar-refractivity contribution in [3.8, 4) is 0 Å². The lowest BCUT2D eigenvalue weighted by Crippen LogP contribution is -2.48. The van der Waals surface area contributed by atoms with Gasteiger partial charge in [0.2, 0.25) is 11.8 Å². The summed E-state index contributed by atoms with van der Waals surface area (Å²) < 4.78 is 5.08. The lowest BCUT2D eigenvalue weighted by atomic mass is 9.87. The van der Waals surface area contributed by atoms with Crippen LogP contribution < -0.4 is 4.90 Å². The van der Waals surface area contributed by atoms with E-state index >= 15 is 0 Å². The fourth-order valence-electron chi connectivity index (χ4n) is 5.03. The standard InChI is InChI=1S/C23H22N2O4S/c1-29-12-5-11-24-22(27)18-16-10-9-14-6-2-3-7-15(14)25(16)20(19(18)23(24)28)21(26)17-8-4-13-30-17/h2-4,6-10,13,16,18-20H,5,11-12H2,1H3. The highest BCUT2D eigenvalue weighted by atomic mass is 32.1. The lowest BCUT2D eigenvalue weighted by molar-refractivity contribution is -0.140. The number of likely N-dealkylation sites (tertiary alicyclic amines) is 1. The highest BCUT2D eigenvalue weighted by Gasteiger charge is 2.63. The maximum absolute atomic E-state index is 13.6. The van der Waals surface area contributed by atoms with Crippen LogP contribution in [0.15, 0.2) is 47.9 Å². The summed E-state index contributed by atoms with van der Waals surface area (Å²) >= 11 is 1.37.